The molecule has 0 saturated heterocycles. The van der Waals surface area contributed by atoms with Crippen molar-refractivity contribution in [3.63, 3.8) is 0 Å². The molecule has 20 heavy (non-hydrogen) atoms. The number of nitrogens with one attached hydrogen (secondary N) is 1. The van der Waals surface area contributed by atoms with Crippen LogP contribution in [0.4, 0.5) is 0 Å². The zero-order chi connectivity index (χ0) is 15.3. The lowest BCUT2D eigenvalue weighted by atomic mass is 10.2. The molecule has 0 unspecified atom stereocenters. The first-order valence-electron chi connectivity index (χ1n) is 5.99. The third-order valence-electron chi connectivity index (χ3n) is 2.80. The summed E-state index contributed by atoms with van der Waals surface area (Å²) >= 11 is 1.86. The molecule has 0 spiro atoms. The summed E-state index contributed by atoms with van der Waals surface area (Å²) in [7, 11) is -1.79. The van der Waals surface area contributed by atoms with Crippen LogP contribution in [-0.2, 0) is 10.0 Å². The fourth-order valence-electron chi connectivity index (χ4n) is 1.45. The SMILES string of the molecule is CCN(C)CCNS(=O)(=O)c1ccc(I)c(C(=O)O)c1. The average molecular weight is 412 g/mol. The Bertz CT molecular complexity index is 589. The molecule has 0 heterocycles. The summed E-state index contributed by atoms with van der Waals surface area (Å²) in [5, 5.41) is 9.01. The molecular weight excluding hydrogens is 395 g/mol. The van der Waals surface area contributed by atoms with Gasteiger partial charge in [0.2, 0.25) is 10.0 Å². The van der Waals surface area contributed by atoms with Gasteiger partial charge in [0.25, 0.3) is 0 Å². The molecule has 0 aliphatic carbocycles. The Hall–Kier alpha value is -0.710. The number of halogens is 1. The van der Waals surface area contributed by atoms with Gasteiger partial charge in [-0.25, -0.2) is 17.9 Å². The van der Waals surface area contributed by atoms with E-state index in [2.05, 4.69) is 4.72 Å². The van der Waals surface area contributed by atoms with Gasteiger partial charge in [0.1, 0.15) is 0 Å². The molecule has 0 atom stereocenters. The molecule has 0 aromatic heterocycles. The van der Waals surface area contributed by atoms with Crippen LogP contribution in [0.5, 0.6) is 0 Å². The molecule has 0 aliphatic heterocycles. The average Bonchev–Trinajstić information content (AvgIpc) is 2.38. The molecule has 0 amide bonds. The number of benzene rings is 1. The largest absolute Gasteiger partial charge is 0.478 e. The lowest BCUT2D eigenvalue weighted by Crippen LogP contribution is -2.33. The molecular formula is C12H17IN2O4S. The van der Waals surface area contributed by atoms with Gasteiger partial charge in [-0.15, -0.1) is 0 Å². The minimum Gasteiger partial charge on any atom is -0.478 e. The molecule has 0 bridgehead atoms. The number of carbonyl (C=O) groups is 1. The monoisotopic (exact) mass is 412 g/mol. The van der Waals surface area contributed by atoms with Crippen molar-refractivity contribution in [1.82, 2.24) is 9.62 Å². The van der Waals surface area contributed by atoms with E-state index < -0.39 is 16.0 Å². The summed E-state index contributed by atoms with van der Waals surface area (Å²) < 4.78 is 27.1. The van der Waals surface area contributed by atoms with Gasteiger partial charge in [-0.3, -0.25) is 0 Å². The fourth-order valence-corrected chi connectivity index (χ4v) is 3.06. The van der Waals surface area contributed by atoms with Crippen LogP contribution in [0.1, 0.15) is 17.3 Å². The fraction of sp³-hybridized carbons (Fsp3) is 0.417. The predicted octanol–water partition coefficient (Wildman–Crippen LogP) is 1.22. The molecule has 0 radical (unpaired) electrons. The van der Waals surface area contributed by atoms with Gasteiger partial charge < -0.3 is 10.0 Å². The van der Waals surface area contributed by atoms with Crippen molar-refractivity contribution < 1.29 is 18.3 Å². The number of hydrogen-bond acceptors (Lipinski definition) is 4. The van der Waals surface area contributed by atoms with Gasteiger partial charge in [0.05, 0.1) is 10.5 Å². The number of hydrogen-bond donors (Lipinski definition) is 2. The van der Waals surface area contributed by atoms with E-state index in [0.29, 0.717) is 10.1 Å². The maximum Gasteiger partial charge on any atom is 0.336 e. The maximum atomic E-state index is 12.1. The molecule has 0 saturated carbocycles. The first-order chi connectivity index (χ1) is 9.27. The van der Waals surface area contributed by atoms with Crippen molar-refractivity contribution in [2.45, 2.75) is 11.8 Å². The number of aromatic carboxylic acids is 1. The standard InChI is InChI=1S/C12H17IN2O4S/c1-3-15(2)7-6-14-20(18,19)9-4-5-11(13)10(8-9)12(16)17/h4-5,8,14H,3,6-7H2,1-2H3,(H,16,17). The van der Waals surface area contributed by atoms with Crippen LogP contribution in [0.3, 0.4) is 0 Å². The highest BCUT2D eigenvalue weighted by molar-refractivity contribution is 14.1. The second-order valence-electron chi connectivity index (χ2n) is 4.24. The van der Waals surface area contributed by atoms with E-state index in [1.165, 1.54) is 18.2 Å². The summed E-state index contributed by atoms with van der Waals surface area (Å²) in [6.45, 7) is 3.67. The van der Waals surface area contributed by atoms with Crippen molar-refractivity contribution >= 4 is 38.6 Å². The third kappa shape index (κ3) is 4.69. The summed E-state index contributed by atoms with van der Waals surface area (Å²) in [5.74, 6) is -1.14. The van der Waals surface area contributed by atoms with Crippen LogP contribution in [0.15, 0.2) is 23.1 Å². The van der Waals surface area contributed by atoms with Gasteiger partial charge in [-0.05, 0) is 54.4 Å². The minimum atomic E-state index is -3.68. The number of rotatable bonds is 7. The second kappa shape index (κ2) is 7.34. The van der Waals surface area contributed by atoms with E-state index >= 15 is 0 Å². The highest BCUT2D eigenvalue weighted by Gasteiger charge is 2.17. The highest BCUT2D eigenvalue weighted by Crippen LogP contribution is 2.17. The normalized spacial score (nSPS) is 11.8. The van der Waals surface area contributed by atoms with Crippen LogP contribution in [0.25, 0.3) is 0 Å². The lowest BCUT2D eigenvalue weighted by molar-refractivity contribution is 0.0695. The molecule has 0 fully saturated rings. The molecule has 1 aromatic rings. The van der Waals surface area contributed by atoms with Gasteiger partial charge in [0.15, 0.2) is 0 Å². The van der Waals surface area contributed by atoms with Gasteiger partial charge >= 0.3 is 5.97 Å². The quantitative estimate of drug-likeness (QED) is 0.658. The smallest absolute Gasteiger partial charge is 0.336 e. The van der Waals surface area contributed by atoms with Crippen LogP contribution in [0.2, 0.25) is 0 Å². The van der Waals surface area contributed by atoms with E-state index in [1.807, 2.05) is 41.5 Å². The number of likely N-dealkylation sites (N-methyl/N-ethyl adjacent to an activating group) is 1. The van der Waals surface area contributed by atoms with E-state index in [-0.39, 0.29) is 17.0 Å². The number of carboxylic acids is 1. The Balaban J connectivity index is 2.88. The maximum absolute atomic E-state index is 12.1. The predicted molar refractivity (Wildman–Crippen MR) is 84.5 cm³/mol. The Morgan fingerprint density at radius 2 is 2.10 bits per heavy atom. The zero-order valence-electron chi connectivity index (χ0n) is 11.3. The summed E-state index contributed by atoms with van der Waals surface area (Å²) in [6, 6.07) is 4.06. The molecule has 1 rings (SSSR count). The number of carboxylic acid groups (broad SMARTS) is 1. The summed E-state index contributed by atoms with van der Waals surface area (Å²) in [6.07, 6.45) is 0. The minimum absolute atomic E-state index is 0.0147. The van der Waals surface area contributed by atoms with Crippen molar-refractivity contribution in [2.24, 2.45) is 0 Å². The van der Waals surface area contributed by atoms with Crippen molar-refractivity contribution in [3.05, 3.63) is 27.3 Å². The molecule has 2 N–H and O–H groups in total. The first-order valence-corrected chi connectivity index (χ1v) is 8.55. The Morgan fingerprint density at radius 1 is 1.45 bits per heavy atom. The van der Waals surface area contributed by atoms with Gasteiger partial charge in [-0.1, -0.05) is 6.92 Å². The highest BCUT2D eigenvalue weighted by atomic mass is 127. The van der Waals surface area contributed by atoms with Crippen molar-refractivity contribution in [1.29, 1.82) is 0 Å². The summed E-state index contributed by atoms with van der Waals surface area (Å²) in [5.41, 5.74) is -0.0147. The molecule has 112 valence electrons. The third-order valence-corrected chi connectivity index (χ3v) is 5.20. The Morgan fingerprint density at radius 3 is 2.65 bits per heavy atom. The van der Waals surface area contributed by atoms with Gasteiger partial charge in [0, 0.05) is 16.7 Å². The molecule has 6 nitrogen and oxygen atoms in total. The molecule has 8 heteroatoms. The van der Waals surface area contributed by atoms with Crippen molar-refractivity contribution in [2.75, 3.05) is 26.7 Å². The van der Waals surface area contributed by atoms with Crippen LogP contribution in [-0.4, -0.2) is 51.1 Å². The lowest BCUT2D eigenvalue weighted by Gasteiger charge is -2.14. The number of nitrogens with zero attached hydrogens (tertiary/aromatic N) is 1. The van der Waals surface area contributed by atoms with E-state index in [9.17, 15) is 13.2 Å². The Kier molecular flexibility index (Phi) is 6.37. The molecule has 1 aromatic carbocycles. The van der Waals surface area contributed by atoms with Crippen LogP contribution >= 0.6 is 22.6 Å². The van der Waals surface area contributed by atoms with Crippen LogP contribution in [0, 0.1) is 3.57 Å². The second-order valence-corrected chi connectivity index (χ2v) is 7.17. The van der Waals surface area contributed by atoms with Crippen LogP contribution < -0.4 is 4.72 Å². The molecule has 0 aliphatic rings. The summed E-state index contributed by atoms with van der Waals surface area (Å²) in [4.78, 5) is 13.0. The first kappa shape index (κ1) is 17.3. The van der Waals surface area contributed by atoms with E-state index in [4.69, 9.17) is 5.11 Å². The Labute approximate surface area is 132 Å². The van der Waals surface area contributed by atoms with E-state index in [1.54, 1.807) is 0 Å². The van der Waals surface area contributed by atoms with Crippen molar-refractivity contribution in [3.8, 4) is 0 Å². The zero-order valence-corrected chi connectivity index (χ0v) is 14.2. The van der Waals surface area contributed by atoms with Gasteiger partial charge in [-0.2, -0.15) is 0 Å². The topological polar surface area (TPSA) is 86.7 Å². The van der Waals surface area contributed by atoms with E-state index in [0.717, 1.165) is 6.54 Å². The number of sulfonamides is 1.